The number of fused-ring (bicyclic) bond motifs is 1. The Hall–Kier alpha value is -2.91. The highest BCUT2D eigenvalue weighted by atomic mass is 32.2. The Morgan fingerprint density at radius 1 is 1.09 bits per heavy atom. The lowest BCUT2D eigenvalue weighted by Crippen LogP contribution is -2.43. The van der Waals surface area contributed by atoms with E-state index in [0.717, 1.165) is 12.8 Å². The van der Waals surface area contributed by atoms with E-state index < -0.39 is 15.4 Å². The van der Waals surface area contributed by atoms with Crippen LogP contribution in [0.15, 0.2) is 47.4 Å². The molecule has 0 radical (unpaired) electrons. The van der Waals surface area contributed by atoms with Gasteiger partial charge in [0.2, 0.25) is 15.9 Å². The predicted molar refractivity (Wildman–Crippen MR) is 135 cm³/mol. The summed E-state index contributed by atoms with van der Waals surface area (Å²) in [5.74, 6) is 0.447. The second kappa shape index (κ2) is 9.62. The van der Waals surface area contributed by atoms with Crippen molar-refractivity contribution in [3.63, 3.8) is 0 Å². The van der Waals surface area contributed by atoms with Crippen molar-refractivity contribution in [1.29, 1.82) is 0 Å². The van der Waals surface area contributed by atoms with E-state index in [2.05, 4.69) is 5.32 Å². The van der Waals surface area contributed by atoms with Crippen LogP contribution in [0, 0.1) is 11.3 Å². The molecule has 0 spiro atoms. The topological polar surface area (TPSA) is 96.0 Å². The van der Waals surface area contributed by atoms with E-state index in [1.807, 2.05) is 27.7 Å². The van der Waals surface area contributed by atoms with Crippen molar-refractivity contribution >= 4 is 33.2 Å². The molecule has 8 nitrogen and oxygen atoms in total. The molecule has 0 saturated carbocycles. The van der Waals surface area contributed by atoms with Crippen LogP contribution in [0.25, 0.3) is 0 Å². The van der Waals surface area contributed by atoms with E-state index in [1.54, 1.807) is 23.1 Å². The summed E-state index contributed by atoms with van der Waals surface area (Å²) in [7, 11) is -3.53. The van der Waals surface area contributed by atoms with Crippen LogP contribution >= 0.6 is 0 Å². The maximum absolute atomic E-state index is 13.2. The number of nitrogens with zero attached hydrogens (tertiary/aromatic N) is 2. The summed E-state index contributed by atoms with van der Waals surface area (Å²) in [5, 5.41) is 2.86. The first-order chi connectivity index (χ1) is 16.5. The molecule has 4 rings (SSSR count). The normalized spacial score (nSPS) is 18.2. The lowest BCUT2D eigenvalue weighted by atomic mass is 9.92. The molecule has 2 aromatic rings. The molecule has 0 unspecified atom stereocenters. The maximum Gasteiger partial charge on any atom is 0.255 e. The second-order valence-electron chi connectivity index (χ2n) is 10.3. The van der Waals surface area contributed by atoms with E-state index in [4.69, 9.17) is 4.74 Å². The van der Waals surface area contributed by atoms with Crippen molar-refractivity contribution in [2.75, 3.05) is 36.5 Å². The predicted octanol–water partition coefficient (Wildman–Crippen LogP) is 4.13. The van der Waals surface area contributed by atoms with Gasteiger partial charge in [-0.1, -0.05) is 13.8 Å². The third-order valence-electron chi connectivity index (χ3n) is 6.29. The zero-order valence-corrected chi connectivity index (χ0v) is 21.5. The first-order valence-corrected chi connectivity index (χ1v) is 13.4. The Bertz CT molecular complexity index is 1220. The van der Waals surface area contributed by atoms with Crippen molar-refractivity contribution < 1.29 is 22.7 Å². The van der Waals surface area contributed by atoms with Crippen LogP contribution in [-0.2, 0) is 14.8 Å². The minimum atomic E-state index is -3.53. The zero-order valence-electron chi connectivity index (χ0n) is 20.7. The number of amides is 2. The fourth-order valence-corrected chi connectivity index (χ4v) is 5.85. The van der Waals surface area contributed by atoms with Gasteiger partial charge in [-0.05, 0) is 75.1 Å². The van der Waals surface area contributed by atoms with Gasteiger partial charge in [0, 0.05) is 30.9 Å². The molecule has 1 fully saturated rings. The Labute approximate surface area is 207 Å². The number of ether oxygens (including phenoxy) is 1. The van der Waals surface area contributed by atoms with Crippen molar-refractivity contribution in [3.05, 3.63) is 48.0 Å². The number of carbonyl (C=O) groups excluding carboxylic acids is 2. The molecule has 9 heteroatoms. The average molecular weight is 500 g/mol. The number of nitrogens with one attached hydrogen (secondary N) is 1. The van der Waals surface area contributed by atoms with E-state index >= 15 is 0 Å². The molecule has 0 atom stereocenters. The largest absolute Gasteiger partial charge is 0.490 e. The van der Waals surface area contributed by atoms with Crippen LogP contribution < -0.4 is 15.0 Å². The third kappa shape index (κ3) is 5.21. The molecule has 2 amide bonds. The van der Waals surface area contributed by atoms with Crippen molar-refractivity contribution in [3.8, 4) is 5.75 Å². The molecule has 0 bridgehead atoms. The highest BCUT2D eigenvalue weighted by molar-refractivity contribution is 7.89. The van der Waals surface area contributed by atoms with Gasteiger partial charge in [-0.25, -0.2) is 8.42 Å². The van der Waals surface area contributed by atoms with E-state index in [9.17, 15) is 18.0 Å². The summed E-state index contributed by atoms with van der Waals surface area (Å²) in [6.45, 7) is 9.68. The monoisotopic (exact) mass is 499 g/mol. The van der Waals surface area contributed by atoms with Gasteiger partial charge < -0.3 is 15.0 Å². The molecule has 1 saturated heterocycles. The van der Waals surface area contributed by atoms with Crippen LogP contribution in [0.1, 0.15) is 50.9 Å². The fraction of sp³-hybridized carbons (Fsp3) is 0.462. The van der Waals surface area contributed by atoms with Gasteiger partial charge in [-0.3, -0.25) is 9.59 Å². The molecule has 2 heterocycles. The Kier molecular flexibility index (Phi) is 6.92. The smallest absolute Gasteiger partial charge is 0.255 e. The lowest BCUT2D eigenvalue weighted by molar-refractivity contribution is -0.127. The highest BCUT2D eigenvalue weighted by Gasteiger charge is 2.38. The van der Waals surface area contributed by atoms with Crippen LogP contribution in [0.2, 0.25) is 0 Å². The van der Waals surface area contributed by atoms with Crippen LogP contribution in [-0.4, -0.2) is 50.8 Å². The fourth-order valence-electron chi connectivity index (χ4n) is 4.33. The van der Waals surface area contributed by atoms with Gasteiger partial charge in [-0.2, -0.15) is 4.31 Å². The van der Waals surface area contributed by atoms with Crippen LogP contribution in [0.5, 0.6) is 5.75 Å². The second-order valence-corrected chi connectivity index (χ2v) is 12.2. The number of hydrogen-bond donors (Lipinski definition) is 1. The molecule has 2 aliphatic rings. The quantitative estimate of drug-likeness (QED) is 0.645. The lowest BCUT2D eigenvalue weighted by Gasteiger charge is -2.29. The summed E-state index contributed by atoms with van der Waals surface area (Å²) in [6, 6.07) is 11.2. The Morgan fingerprint density at radius 3 is 2.37 bits per heavy atom. The average Bonchev–Trinajstić information content (AvgIpc) is 3.35. The molecule has 188 valence electrons. The maximum atomic E-state index is 13.2. The SMILES string of the molecule is CC(C)CN1C(=O)C(C)(C)COc2ccc(NC(=O)c3ccc(S(=O)(=O)N4CCCC4)cc3)cc21. The Balaban J connectivity index is 1.55. The zero-order chi connectivity index (χ0) is 25.4. The standard InChI is InChI=1S/C26H33N3O5S/c1-18(2)16-29-22-15-20(9-12-23(22)34-17-26(3,4)25(29)31)27-24(30)19-7-10-21(11-8-19)35(32,33)28-13-5-6-14-28/h7-12,15,18H,5-6,13-14,16-17H2,1-4H3,(H,27,30). The minimum Gasteiger partial charge on any atom is -0.490 e. The summed E-state index contributed by atoms with van der Waals surface area (Å²) < 4.78 is 32.9. The molecule has 2 aromatic carbocycles. The highest BCUT2D eigenvalue weighted by Crippen LogP contribution is 2.38. The van der Waals surface area contributed by atoms with Gasteiger partial charge in [0.25, 0.3) is 5.91 Å². The van der Waals surface area contributed by atoms with Crippen LogP contribution in [0.4, 0.5) is 11.4 Å². The molecule has 1 N–H and O–H groups in total. The molecule has 2 aliphatic heterocycles. The Morgan fingerprint density at radius 2 is 1.74 bits per heavy atom. The van der Waals surface area contributed by atoms with E-state index in [1.165, 1.54) is 28.6 Å². The van der Waals surface area contributed by atoms with Gasteiger partial charge in [0.1, 0.15) is 12.4 Å². The first-order valence-electron chi connectivity index (χ1n) is 12.0. The minimum absolute atomic E-state index is 0.0248. The van der Waals surface area contributed by atoms with E-state index in [0.29, 0.717) is 42.3 Å². The molecule has 0 aromatic heterocycles. The first kappa shape index (κ1) is 25.2. The number of anilines is 2. The summed E-state index contributed by atoms with van der Waals surface area (Å²) >= 11 is 0. The molecular formula is C26H33N3O5S. The third-order valence-corrected chi connectivity index (χ3v) is 8.20. The van der Waals surface area contributed by atoms with Crippen LogP contribution in [0.3, 0.4) is 0 Å². The van der Waals surface area contributed by atoms with Gasteiger partial charge in [-0.15, -0.1) is 0 Å². The number of hydrogen-bond acceptors (Lipinski definition) is 5. The summed E-state index contributed by atoms with van der Waals surface area (Å²) in [4.78, 5) is 28.1. The molecule has 0 aliphatic carbocycles. The van der Waals surface area contributed by atoms with Gasteiger partial charge in [0.05, 0.1) is 16.0 Å². The number of benzene rings is 2. The summed E-state index contributed by atoms with van der Waals surface area (Å²) in [5.41, 5.74) is 0.813. The van der Waals surface area contributed by atoms with Crippen molar-refractivity contribution in [2.45, 2.75) is 45.4 Å². The van der Waals surface area contributed by atoms with Crippen molar-refractivity contribution in [1.82, 2.24) is 4.31 Å². The van der Waals surface area contributed by atoms with Gasteiger partial charge >= 0.3 is 0 Å². The number of sulfonamides is 1. The van der Waals surface area contributed by atoms with E-state index in [-0.39, 0.29) is 29.2 Å². The summed E-state index contributed by atoms with van der Waals surface area (Å²) in [6.07, 6.45) is 1.73. The number of rotatable bonds is 6. The molecular weight excluding hydrogens is 466 g/mol. The van der Waals surface area contributed by atoms with Gasteiger partial charge in [0.15, 0.2) is 0 Å². The molecule has 35 heavy (non-hydrogen) atoms. The van der Waals surface area contributed by atoms with Crippen molar-refractivity contribution in [2.24, 2.45) is 11.3 Å². The number of carbonyl (C=O) groups is 2.